The smallest absolute Gasteiger partial charge is 0.331 e. The molecule has 0 radical (unpaired) electrons. The van der Waals surface area contributed by atoms with Crippen LogP contribution < -0.4 is 0 Å². The van der Waals surface area contributed by atoms with E-state index in [2.05, 4.69) is 33.9 Å². The molecule has 1 atom stereocenters. The van der Waals surface area contributed by atoms with E-state index < -0.39 is 8.56 Å². The van der Waals surface area contributed by atoms with Crippen molar-refractivity contribution in [1.29, 1.82) is 0 Å². The lowest BCUT2D eigenvalue weighted by atomic mass is 10.0. The lowest BCUT2D eigenvalue weighted by molar-refractivity contribution is 0.146. The Morgan fingerprint density at radius 1 is 0.615 bits per heavy atom. The highest BCUT2D eigenvalue weighted by Gasteiger charge is 2.25. The predicted octanol–water partition coefficient (Wildman–Crippen LogP) is 8.25. The summed E-state index contributed by atoms with van der Waals surface area (Å²) >= 11 is 0. The minimum absolute atomic E-state index is 0.715. The van der Waals surface area contributed by atoms with Crippen LogP contribution in [0.2, 0.25) is 13.1 Å². The summed E-state index contributed by atoms with van der Waals surface area (Å²) in [5.41, 5.74) is 0. The van der Waals surface area contributed by atoms with Crippen molar-refractivity contribution in [2.45, 2.75) is 130 Å². The Bertz CT molecular complexity index is 281. The van der Waals surface area contributed by atoms with Gasteiger partial charge in [-0.2, -0.15) is 0 Å². The van der Waals surface area contributed by atoms with Crippen LogP contribution >= 0.6 is 0 Å². The maximum absolute atomic E-state index is 6.20. The van der Waals surface area contributed by atoms with Crippen molar-refractivity contribution in [2.24, 2.45) is 5.92 Å². The lowest BCUT2D eigenvalue weighted by Crippen LogP contribution is -2.37. The van der Waals surface area contributed by atoms with Gasteiger partial charge in [0.05, 0.1) is 0 Å². The summed E-state index contributed by atoms with van der Waals surface area (Å²) in [6.45, 7) is 13.0. The first kappa shape index (κ1) is 26.1. The van der Waals surface area contributed by atoms with Gasteiger partial charge in [-0.3, -0.25) is 0 Å². The first-order valence-electron chi connectivity index (χ1n) is 11.8. The first-order valence-corrected chi connectivity index (χ1v) is 14.6. The van der Waals surface area contributed by atoms with E-state index in [1.54, 1.807) is 0 Å². The molecule has 0 N–H and O–H groups in total. The van der Waals surface area contributed by atoms with Crippen molar-refractivity contribution in [3.8, 4) is 0 Å². The van der Waals surface area contributed by atoms with Crippen molar-refractivity contribution in [3.05, 3.63) is 0 Å². The molecule has 0 aliphatic carbocycles. The Balaban J connectivity index is 3.49. The molecule has 0 aromatic heterocycles. The summed E-state index contributed by atoms with van der Waals surface area (Å²) in [5, 5.41) is 0. The van der Waals surface area contributed by atoms with Gasteiger partial charge >= 0.3 is 8.56 Å². The van der Waals surface area contributed by atoms with Crippen molar-refractivity contribution in [3.63, 3.8) is 0 Å². The zero-order valence-corrected chi connectivity index (χ0v) is 19.9. The Kier molecular flexibility index (Phi) is 18.6. The Morgan fingerprint density at radius 3 is 1.62 bits per heavy atom. The molecule has 0 rings (SSSR count). The predicted molar refractivity (Wildman–Crippen MR) is 119 cm³/mol. The minimum atomic E-state index is -1.92. The van der Waals surface area contributed by atoms with Gasteiger partial charge < -0.3 is 8.85 Å². The molecule has 0 aliphatic heterocycles. The van der Waals surface area contributed by atoms with Crippen LogP contribution in [0.25, 0.3) is 0 Å². The van der Waals surface area contributed by atoms with E-state index in [1.807, 2.05) is 0 Å². The highest BCUT2D eigenvalue weighted by molar-refractivity contribution is 6.64. The number of hydrogen-bond acceptors (Lipinski definition) is 2. The third kappa shape index (κ3) is 17.5. The Morgan fingerprint density at radius 2 is 1.12 bits per heavy atom. The number of rotatable bonds is 20. The molecule has 3 heteroatoms. The summed E-state index contributed by atoms with van der Waals surface area (Å²) in [4.78, 5) is 0. The summed E-state index contributed by atoms with van der Waals surface area (Å²) in [7, 11) is -1.92. The average molecular weight is 387 g/mol. The summed E-state index contributed by atoms with van der Waals surface area (Å²) in [6, 6.07) is 0. The van der Waals surface area contributed by atoms with E-state index in [1.165, 1.54) is 96.3 Å². The molecule has 0 heterocycles. The number of unbranched alkanes of at least 4 members (excludes halogenated alkanes) is 11. The van der Waals surface area contributed by atoms with Gasteiger partial charge in [0.25, 0.3) is 0 Å². The molecular weight excluding hydrogens is 336 g/mol. The van der Waals surface area contributed by atoms with Crippen LogP contribution in [0.3, 0.4) is 0 Å². The second kappa shape index (κ2) is 18.5. The van der Waals surface area contributed by atoms with E-state index in [-0.39, 0.29) is 0 Å². The molecule has 0 aromatic rings. The monoisotopic (exact) mass is 386 g/mol. The molecule has 1 unspecified atom stereocenters. The molecule has 0 aliphatic rings. The second-order valence-corrected chi connectivity index (χ2v) is 11.9. The van der Waals surface area contributed by atoms with Crippen LogP contribution in [0.15, 0.2) is 0 Å². The zero-order valence-electron chi connectivity index (χ0n) is 18.9. The SMILES string of the molecule is CCCCCCCCCCCCCO[Si](C)(C)OCC(CC)CCCC. The molecular formula is C23H50O2Si. The van der Waals surface area contributed by atoms with Crippen molar-refractivity contribution in [1.82, 2.24) is 0 Å². The number of hydrogen-bond donors (Lipinski definition) is 0. The molecule has 0 bridgehead atoms. The molecule has 0 amide bonds. The fraction of sp³-hybridized carbons (Fsp3) is 1.00. The van der Waals surface area contributed by atoms with Gasteiger partial charge in [-0.25, -0.2) is 0 Å². The molecule has 0 aromatic carbocycles. The van der Waals surface area contributed by atoms with Gasteiger partial charge in [0.2, 0.25) is 0 Å². The lowest BCUT2D eigenvalue weighted by Gasteiger charge is -2.26. The summed E-state index contributed by atoms with van der Waals surface area (Å²) in [5.74, 6) is 0.715. The quantitative estimate of drug-likeness (QED) is 0.155. The molecule has 0 saturated heterocycles. The van der Waals surface area contributed by atoms with Gasteiger partial charge in [-0.05, 0) is 31.9 Å². The van der Waals surface area contributed by atoms with Gasteiger partial charge in [-0.1, -0.05) is 104 Å². The van der Waals surface area contributed by atoms with E-state index in [0.717, 1.165) is 13.2 Å². The zero-order chi connectivity index (χ0) is 19.5. The summed E-state index contributed by atoms with van der Waals surface area (Å²) in [6.07, 6.45) is 20.4. The molecule has 26 heavy (non-hydrogen) atoms. The highest BCUT2D eigenvalue weighted by Crippen LogP contribution is 2.17. The third-order valence-electron chi connectivity index (χ3n) is 5.41. The van der Waals surface area contributed by atoms with Crippen LogP contribution in [-0.4, -0.2) is 21.8 Å². The molecule has 0 fully saturated rings. The van der Waals surface area contributed by atoms with Crippen molar-refractivity contribution < 1.29 is 8.85 Å². The van der Waals surface area contributed by atoms with Crippen molar-refractivity contribution in [2.75, 3.05) is 13.2 Å². The largest absolute Gasteiger partial charge is 0.395 e. The van der Waals surface area contributed by atoms with Gasteiger partial charge in [-0.15, -0.1) is 0 Å². The van der Waals surface area contributed by atoms with E-state index in [0.29, 0.717) is 5.92 Å². The van der Waals surface area contributed by atoms with E-state index >= 15 is 0 Å². The van der Waals surface area contributed by atoms with Crippen LogP contribution in [0.1, 0.15) is 117 Å². The topological polar surface area (TPSA) is 18.5 Å². The standard InChI is InChI=1S/C23H50O2Si/c1-6-9-11-12-13-14-15-16-17-18-19-21-24-26(4,5)25-22-23(8-3)20-10-7-2/h23H,6-22H2,1-5H3. The maximum atomic E-state index is 6.20. The fourth-order valence-electron chi connectivity index (χ4n) is 3.34. The molecule has 158 valence electrons. The Labute approximate surface area is 167 Å². The van der Waals surface area contributed by atoms with Crippen LogP contribution in [-0.2, 0) is 8.85 Å². The Hall–Kier alpha value is 0.137. The molecule has 2 nitrogen and oxygen atoms in total. The van der Waals surface area contributed by atoms with Crippen LogP contribution in [0.5, 0.6) is 0 Å². The van der Waals surface area contributed by atoms with Crippen LogP contribution in [0, 0.1) is 5.92 Å². The highest BCUT2D eigenvalue weighted by atomic mass is 28.4. The van der Waals surface area contributed by atoms with Gasteiger partial charge in [0, 0.05) is 13.2 Å². The van der Waals surface area contributed by atoms with E-state index in [9.17, 15) is 0 Å². The van der Waals surface area contributed by atoms with E-state index in [4.69, 9.17) is 8.85 Å². The maximum Gasteiger partial charge on any atom is 0.331 e. The fourth-order valence-corrected chi connectivity index (χ4v) is 4.70. The average Bonchev–Trinajstić information content (AvgIpc) is 2.62. The summed E-state index contributed by atoms with van der Waals surface area (Å²) < 4.78 is 12.3. The first-order chi connectivity index (χ1) is 12.6. The van der Waals surface area contributed by atoms with Crippen LogP contribution in [0.4, 0.5) is 0 Å². The molecule has 0 spiro atoms. The van der Waals surface area contributed by atoms with Gasteiger partial charge in [0.1, 0.15) is 0 Å². The third-order valence-corrected chi connectivity index (χ3v) is 7.17. The molecule has 0 saturated carbocycles. The second-order valence-electron chi connectivity index (χ2n) is 8.51. The normalized spacial score (nSPS) is 13.3. The van der Waals surface area contributed by atoms with Gasteiger partial charge in [0.15, 0.2) is 0 Å². The van der Waals surface area contributed by atoms with Crippen molar-refractivity contribution >= 4 is 8.56 Å². The minimum Gasteiger partial charge on any atom is -0.395 e.